The Labute approximate surface area is 233 Å². The average molecular weight is 593 g/mol. The van der Waals surface area contributed by atoms with Gasteiger partial charge in [-0.15, -0.1) is 11.8 Å². The van der Waals surface area contributed by atoms with Gasteiger partial charge in [0.05, 0.1) is 33.9 Å². The van der Waals surface area contributed by atoms with E-state index in [-0.39, 0.29) is 61.3 Å². The number of methoxy groups -OCH3 is 1. The molecule has 4 aromatic rings. The molecule has 3 aliphatic heterocycles. The minimum absolute atomic E-state index is 0.0499. The number of hydrogen-bond acceptors (Lipinski definition) is 9. The summed E-state index contributed by atoms with van der Waals surface area (Å²) in [5.41, 5.74) is 4.85. The van der Waals surface area contributed by atoms with Crippen LogP contribution in [0.3, 0.4) is 0 Å². The number of fused-ring (bicyclic) bond motifs is 3. The highest BCUT2D eigenvalue weighted by molar-refractivity contribution is 7.99. The van der Waals surface area contributed by atoms with Gasteiger partial charge in [0.1, 0.15) is 11.6 Å². The number of halogens is 4. The molecular formula is C26H24F4N6O2S2. The number of benzene rings is 2. The zero-order chi connectivity index (χ0) is 27.9. The lowest BCUT2D eigenvalue weighted by Gasteiger charge is -2.36. The normalized spacial score (nSPS) is 22.5. The highest BCUT2D eigenvalue weighted by atomic mass is 32.2. The molecule has 2 fully saturated rings. The van der Waals surface area contributed by atoms with E-state index in [0.717, 1.165) is 36.3 Å². The maximum atomic E-state index is 14.9. The van der Waals surface area contributed by atoms with Crippen LogP contribution in [0.5, 0.6) is 0 Å². The van der Waals surface area contributed by atoms with Crippen LogP contribution in [0, 0.1) is 5.82 Å². The van der Waals surface area contributed by atoms with Crippen molar-refractivity contribution in [2.75, 3.05) is 43.2 Å². The molecule has 0 saturated carbocycles. The van der Waals surface area contributed by atoms with Gasteiger partial charge in [-0.05, 0) is 31.0 Å². The molecule has 3 aliphatic rings. The number of piperazine rings is 1. The molecule has 0 amide bonds. The van der Waals surface area contributed by atoms with Crippen LogP contribution < -0.4 is 21.6 Å². The van der Waals surface area contributed by atoms with Gasteiger partial charge in [-0.25, -0.2) is 14.2 Å². The van der Waals surface area contributed by atoms with Gasteiger partial charge in [0, 0.05) is 59.4 Å². The summed E-state index contributed by atoms with van der Waals surface area (Å²) in [6, 6.07) is 3.48. The van der Waals surface area contributed by atoms with E-state index in [1.807, 2.05) is 4.90 Å². The third-order valence-electron chi connectivity index (χ3n) is 7.89. The fourth-order valence-electron chi connectivity index (χ4n) is 6.30. The minimum Gasteiger partial charge on any atom is -0.383 e. The minimum atomic E-state index is -4.76. The molecule has 8 nitrogen and oxygen atoms in total. The average Bonchev–Trinajstić information content (AvgIpc) is 3.47. The van der Waals surface area contributed by atoms with Crippen molar-refractivity contribution in [3.8, 4) is 11.1 Å². The van der Waals surface area contributed by atoms with E-state index in [1.54, 1.807) is 0 Å². The first-order chi connectivity index (χ1) is 19.1. The number of nitrogen functional groups attached to an aromatic ring is 1. The van der Waals surface area contributed by atoms with E-state index in [2.05, 4.69) is 15.3 Å². The molecule has 7 rings (SSSR count). The summed E-state index contributed by atoms with van der Waals surface area (Å²) < 4.78 is 66.3. The van der Waals surface area contributed by atoms with Crippen LogP contribution in [0.2, 0.25) is 0 Å². The van der Waals surface area contributed by atoms with Gasteiger partial charge in [0.15, 0.2) is 5.13 Å². The second-order valence-corrected chi connectivity index (χ2v) is 12.5. The van der Waals surface area contributed by atoms with Crippen LogP contribution in [0.15, 0.2) is 27.9 Å². The van der Waals surface area contributed by atoms with Crippen LogP contribution in [-0.4, -0.2) is 59.2 Å². The number of hydrogen-bond donors (Lipinski definition) is 2. The van der Waals surface area contributed by atoms with Crippen LogP contribution in [0.4, 0.5) is 28.5 Å². The number of rotatable bonds is 4. The van der Waals surface area contributed by atoms with Crippen LogP contribution in [0.25, 0.3) is 32.2 Å². The highest BCUT2D eigenvalue weighted by Crippen LogP contribution is 2.51. The Morgan fingerprint density at radius 1 is 1.20 bits per heavy atom. The smallest absolute Gasteiger partial charge is 0.383 e. The van der Waals surface area contributed by atoms with Crippen molar-refractivity contribution in [3.63, 3.8) is 0 Å². The summed E-state index contributed by atoms with van der Waals surface area (Å²) >= 11 is 2.11. The van der Waals surface area contributed by atoms with Crippen molar-refractivity contribution >= 4 is 55.2 Å². The Hall–Kier alpha value is -2.94. The molecule has 0 aliphatic carbocycles. The van der Waals surface area contributed by atoms with Gasteiger partial charge in [-0.3, -0.25) is 4.57 Å². The van der Waals surface area contributed by atoms with E-state index in [1.165, 1.54) is 29.5 Å². The van der Waals surface area contributed by atoms with Crippen molar-refractivity contribution in [3.05, 3.63) is 40.1 Å². The Bertz CT molecular complexity index is 1730. The van der Waals surface area contributed by atoms with Gasteiger partial charge in [-0.2, -0.15) is 18.2 Å². The molecule has 2 aromatic carbocycles. The van der Waals surface area contributed by atoms with E-state index >= 15 is 0 Å². The number of nitrogens with one attached hydrogen (secondary N) is 1. The van der Waals surface area contributed by atoms with E-state index < -0.39 is 29.3 Å². The number of nitrogens with zero attached hydrogens (tertiary/aromatic N) is 4. The zero-order valence-corrected chi connectivity index (χ0v) is 22.9. The van der Waals surface area contributed by atoms with Crippen molar-refractivity contribution in [2.45, 2.75) is 42.0 Å². The first kappa shape index (κ1) is 26.0. The van der Waals surface area contributed by atoms with E-state index in [4.69, 9.17) is 10.5 Å². The lowest BCUT2D eigenvalue weighted by atomic mass is 9.95. The Balaban J connectivity index is 1.59. The highest BCUT2D eigenvalue weighted by Gasteiger charge is 2.41. The third-order valence-corrected chi connectivity index (χ3v) is 10.0. The standard InChI is InChI=1S/C26H24F4N6O2S2/c1-38-9-13-10-39-22-18(14-4-5-17(27)21-19(14)33-24(31)40-21)16(26(28,29)30)6-15-20(22)36(13)25(37)34-23(15)35-7-11-2-3-12(8-35)32-11/h4-6,11-13,32H,2-3,7-10H2,1H3,(H2,31,33)/t11-,12+,13?. The van der Waals surface area contributed by atoms with Crippen LogP contribution in [-0.2, 0) is 10.9 Å². The molecule has 14 heteroatoms. The van der Waals surface area contributed by atoms with E-state index in [0.29, 0.717) is 24.4 Å². The van der Waals surface area contributed by atoms with Gasteiger partial charge in [-0.1, -0.05) is 11.3 Å². The molecule has 210 valence electrons. The predicted octanol–water partition coefficient (Wildman–Crippen LogP) is 4.65. The first-order valence-corrected chi connectivity index (χ1v) is 14.6. The number of ether oxygens (including phenoxy) is 1. The largest absolute Gasteiger partial charge is 0.417 e. The predicted molar refractivity (Wildman–Crippen MR) is 148 cm³/mol. The first-order valence-electron chi connectivity index (χ1n) is 12.8. The number of alkyl halides is 3. The van der Waals surface area contributed by atoms with Gasteiger partial charge >= 0.3 is 11.9 Å². The number of aromatic nitrogens is 3. The third kappa shape index (κ3) is 3.98. The van der Waals surface area contributed by atoms with Gasteiger partial charge in [0.2, 0.25) is 0 Å². The van der Waals surface area contributed by atoms with Crippen LogP contribution in [0.1, 0.15) is 24.4 Å². The SMILES string of the molecule is COCC1CSc2c(-c3ccc(F)c4sc(N)nc34)c(C(F)(F)F)cc3c(N4C[C@H]5CC[C@@H](C4)N5)nc(=O)n1c23. The molecule has 40 heavy (non-hydrogen) atoms. The lowest BCUT2D eigenvalue weighted by molar-refractivity contribution is -0.137. The summed E-state index contributed by atoms with van der Waals surface area (Å²) in [6.45, 7) is 1.29. The molecule has 3 atom stereocenters. The topological polar surface area (TPSA) is 98.3 Å². The van der Waals surface area contributed by atoms with E-state index in [9.17, 15) is 22.4 Å². The Kier molecular flexibility index (Phi) is 6.04. The van der Waals surface area contributed by atoms with Crippen molar-refractivity contribution in [1.82, 2.24) is 19.9 Å². The molecule has 1 unspecified atom stereocenters. The van der Waals surface area contributed by atoms with Gasteiger partial charge in [0.25, 0.3) is 0 Å². The zero-order valence-electron chi connectivity index (χ0n) is 21.2. The summed E-state index contributed by atoms with van der Waals surface area (Å²) in [5.74, 6) is -0.0544. The molecular weight excluding hydrogens is 568 g/mol. The Morgan fingerprint density at radius 2 is 1.95 bits per heavy atom. The fourth-order valence-corrected chi connectivity index (χ4v) is 8.38. The molecule has 0 spiro atoms. The molecule has 2 bridgehead atoms. The number of nitrogens with two attached hydrogens (primary N) is 1. The maximum absolute atomic E-state index is 14.9. The maximum Gasteiger partial charge on any atom is 0.417 e. The van der Waals surface area contributed by atoms with Gasteiger partial charge < -0.3 is 20.7 Å². The lowest BCUT2D eigenvalue weighted by Crippen LogP contribution is -2.52. The number of anilines is 2. The summed E-state index contributed by atoms with van der Waals surface area (Å²) in [5, 5.41) is 3.82. The molecule has 2 saturated heterocycles. The van der Waals surface area contributed by atoms with Crippen LogP contribution >= 0.6 is 23.1 Å². The molecule has 2 aromatic heterocycles. The monoisotopic (exact) mass is 592 g/mol. The van der Waals surface area contributed by atoms with Crippen molar-refractivity contribution < 1.29 is 22.3 Å². The summed E-state index contributed by atoms with van der Waals surface area (Å²) in [4.78, 5) is 24.4. The van der Waals surface area contributed by atoms with Crippen molar-refractivity contribution in [1.29, 1.82) is 0 Å². The molecule has 5 heterocycles. The fraction of sp³-hybridized carbons (Fsp3) is 0.423. The number of thioether (sulfide) groups is 1. The summed E-state index contributed by atoms with van der Waals surface area (Å²) in [7, 11) is 1.51. The van der Waals surface area contributed by atoms with Crippen molar-refractivity contribution in [2.24, 2.45) is 0 Å². The second kappa shape index (κ2) is 9.29. The molecule has 3 N–H and O–H groups in total. The number of thiazole rings is 1. The quantitative estimate of drug-likeness (QED) is 0.331. The second-order valence-electron chi connectivity index (χ2n) is 10.4. The Morgan fingerprint density at radius 3 is 2.65 bits per heavy atom. The summed E-state index contributed by atoms with van der Waals surface area (Å²) in [6.07, 6.45) is -2.84. The molecule has 0 radical (unpaired) electrons.